The fourth-order valence-electron chi connectivity index (χ4n) is 1.27. The lowest BCUT2D eigenvalue weighted by Crippen LogP contribution is -2.06. The van der Waals surface area contributed by atoms with Crippen molar-refractivity contribution in [2.75, 3.05) is 6.54 Å². The molecule has 1 aromatic rings. The lowest BCUT2D eigenvalue weighted by Gasteiger charge is -2.03. The first-order chi connectivity index (χ1) is 5.65. The smallest absolute Gasteiger partial charge is 0.323 e. The van der Waals surface area contributed by atoms with Crippen molar-refractivity contribution in [2.45, 2.75) is 26.2 Å². The molecule has 4 N–H and O–H groups in total. The predicted octanol–water partition coefficient (Wildman–Crippen LogP) is 0.328. The molecule has 0 aliphatic rings. The average Bonchev–Trinajstić information content (AvgIpc) is 2.32. The molecule has 0 bridgehead atoms. The number of imidazole rings is 1. The van der Waals surface area contributed by atoms with Crippen LogP contribution < -0.4 is 11.4 Å². The maximum absolute atomic E-state index is 10.9. The van der Waals surface area contributed by atoms with Crippen molar-refractivity contribution >= 4 is 0 Å². The number of hydrogen-bond acceptors (Lipinski definition) is 2. The molecule has 4 heteroatoms. The molecule has 1 rings (SSSR count). The Kier molecular flexibility index (Phi) is 2.70. The van der Waals surface area contributed by atoms with Gasteiger partial charge in [-0.05, 0) is 12.5 Å². The van der Waals surface area contributed by atoms with Crippen LogP contribution in [-0.4, -0.2) is 16.5 Å². The monoisotopic (exact) mass is 169 g/mol. The Morgan fingerprint density at radius 2 is 2.08 bits per heavy atom. The van der Waals surface area contributed by atoms with Gasteiger partial charge in [-0.15, -0.1) is 0 Å². The zero-order valence-corrected chi connectivity index (χ0v) is 7.48. The number of aromatic nitrogens is 2. The van der Waals surface area contributed by atoms with Gasteiger partial charge in [-0.1, -0.05) is 13.8 Å². The highest BCUT2D eigenvalue weighted by Gasteiger charge is 2.08. The molecule has 0 aliphatic heterocycles. The molecule has 0 spiro atoms. The normalized spacial score (nSPS) is 11.0. The van der Waals surface area contributed by atoms with Gasteiger partial charge in [0.05, 0.1) is 0 Å². The number of aromatic amines is 2. The number of rotatable bonds is 3. The summed E-state index contributed by atoms with van der Waals surface area (Å²) in [6, 6.07) is 0. The van der Waals surface area contributed by atoms with Crippen LogP contribution in [0.2, 0.25) is 0 Å². The summed E-state index contributed by atoms with van der Waals surface area (Å²) in [4.78, 5) is 16.4. The van der Waals surface area contributed by atoms with E-state index in [-0.39, 0.29) is 5.69 Å². The minimum absolute atomic E-state index is 0.137. The first-order valence-electron chi connectivity index (χ1n) is 4.16. The van der Waals surface area contributed by atoms with E-state index in [1.807, 2.05) is 13.8 Å². The van der Waals surface area contributed by atoms with Gasteiger partial charge in [-0.25, -0.2) is 4.79 Å². The molecule has 0 amide bonds. The molecule has 4 nitrogen and oxygen atoms in total. The van der Waals surface area contributed by atoms with E-state index in [0.29, 0.717) is 12.5 Å². The average molecular weight is 169 g/mol. The highest BCUT2D eigenvalue weighted by Crippen LogP contribution is 2.13. The zero-order valence-electron chi connectivity index (χ0n) is 7.48. The van der Waals surface area contributed by atoms with Crippen molar-refractivity contribution < 1.29 is 0 Å². The third-order valence-corrected chi connectivity index (χ3v) is 1.81. The van der Waals surface area contributed by atoms with E-state index in [2.05, 4.69) is 9.97 Å². The summed E-state index contributed by atoms with van der Waals surface area (Å²) in [5, 5.41) is 0. The Morgan fingerprint density at radius 3 is 2.58 bits per heavy atom. The first kappa shape index (κ1) is 9.06. The molecule has 0 atom stereocenters. The Bertz CT molecular complexity index is 297. The second-order valence-electron chi connectivity index (χ2n) is 3.16. The van der Waals surface area contributed by atoms with Gasteiger partial charge in [0.25, 0.3) is 0 Å². The van der Waals surface area contributed by atoms with Crippen LogP contribution in [0.1, 0.15) is 31.2 Å². The van der Waals surface area contributed by atoms with Crippen molar-refractivity contribution in [3.8, 4) is 0 Å². The van der Waals surface area contributed by atoms with Gasteiger partial charge in [0.2, 0.25) is 0 Å². The molecule has 0 fully saturated rings. The van der Waals surface area contributed by atoms with E-state index in [1.165, 1.54) is 0 Å². The molecule has 0 unspecified atom stereocenters. The second-order valence-corrected chi connectivity index (χ2v) is 3.16. The van der Waals surface area contributed by atoms with E-state index >= 15 is 0 Å². The molecule has 12 heavy (non-hydrogen) atoms. The van der Waals surface area contributed by atoms with Gasteiger partial charge in [0.1, 0.15) is 0 Å². The van der Waals surface area contributed by atoms with Gasteiger partial charge in [-0.2, -0.15) is 0 Å². The van der Waals surface area contributed by atoms with Gasteiger partial charge in [0, 0.05) is 17.8 Å². The summed E-state index contributed by atoms with van der Waals surface area (Å²) >= 11 is 0. The molecule has 0 radical (unpaired) electrons. The van der Waals surface area contributed by atoms with Crippen molar-refractivity contribution in [1.82, 2.24) is 9.97 Å². The highest BCUT2D eigenvalue weighted by atomic mass is 16.1. The van der Waals surface area contributed by atoms with Crippen molar-refractivity contribution in [1.29, 1.82) is 0 Å². The third kappa shape index (κ3) is 1.76. The largest absolute Gasteiger partial charge is 0.330 e. The van der Waals surface area contributed by atoms with E-state index < -0.39 is 0 Å². The zero-order chi connectivity index (χ0) is 9.14. The van der Waals surface area contributed by atoms with Gasteiger partial charge < -0.3 is 15.7 Å². The molecule has 1 aromatic heterocycles. The number of H-pyrrole nitrogens is 2. The molecule has 0 saturated heterocycles. The highest BCUT2D eigenvalue weighted by molar-refractivity contribution is 5.15. The van der Waals surface area contributed by atoms with E-state index in [1.54, 1.807) is 0 Å². The molecule has 0 aliphatic carbocycles. The molecule has 0 saturated carbocycles. The Hall–Kier alpha value is -1.03. The standard InChI is InChI=1S/C8H15N3O/c1-5(2)7-6(3-4-9)10-8(12)11-7/h5H,3-4,9H2,1-2H3,(H2,10,11,12). The fraction of sp³-hybridized carbons (Fsp3) is 0.625. The fourth-order valence-corrected chi connectivity index (χ4v) is 1.27. The third-order valence-electron chi connectivity index (χ3n) is 1.81. The summed E-state index contributed by atoms with van der Waals surface area (Å²) in [6.45, 7) is 4.64. The predicted molar refractivity (Wildman–Crippen MR) is 48.3 cm³/mol. The Balaban J connectivity index is 3.00. The van der Waals surface area contributed by atoms with E-state index in [4.69, 9.17) is 5.73 Å². The Labute approximate surface area is 71.2 Å². The minimum Gasteiger partial charge on any atom is -0.330 e. The molecular formula is C8H15N3O. The summed E-state index contributed by atoms with van der Waals surface area (Å²) in [7, 11) is 0. The topological polar surface area (TPSA) is 74.7 Å². The summed E-state index contributed by atoms with van der Waals surface area (Å²) in [5.74, 6) is 0.338. The second kappa shape index (κ2) is 3.58. The molecule has 68 valence electrons. The summed E-state index contributed by atoms with van der Waals surface area (Å²) in [6.07, 6.45) is 0.728. The summed E-state index contributed by atoms with van der Waals surface area (Å²) < 4.78 is 0. The van der Waals surface area contributed by atoms with Crippen LogP contribution >= 0.6 is 0 Å². The van der Waals surface area contributed by atoms with E-state index in [9.17, 15) is 4.79 Å². The number of hydrogen-bond donors (Lipinski definition) is 3. The van der Waals surface area contributed by atoms with Gasteiger partial charge >= 0.3 is 5.69 Å². The van der Waals surface area contributed by atoms with Gasteiger partial charge in [0.15, 0.2) is 0 Å². The van der Waals surface area contributed by atoms with Crippen molar-refractivity contribution in [3.05, 3.63) is 21.9 Å². The van der Waals surface area contributed by atoms with Crippen molar-refractivity contribution in [3.63, 3.8) is 0 Å². The quantitative estimate of drug-likeness (QED) is 0.610. The van der Waals surface area contributed by atoms with Crippen LogP contribution in [0.4, 0.5) is 0 Å². The van der Waals surface area contributed by atoms with Crippen LogP contribution in [-0.2, 0) is 6.42 Å². The van der Waals surface area contributed by atoms with Crippen LogP contribution in [0.5, 0.6) is 0 Å². The maximum Gasteiger partial charge on any atom is 0.323 e. The Morgan fingerprint density at radius 1 is 1.42 bits per heavy atom. The SMILES string of the molecule is CC(C)c1[nH]c(=O)[nH]c1CCN. The first-order valence-corrected chi connectivity index (χ1v) is 4.16. The molecular weight excluding hydrogens is 154 g/mol. The number of nitrogens with two attached hydrogens (primary N) is 1. The van der Waals surface area contributed by atoms with Gasteiger partial charge in [-0.3, -0.25) is 0 Å². The molecule has 0 aromatic carbocycles. The molecule has 1 heterocycles. The maximum atomic E-state index is 10.9. The van der Waals surface area contributed by atoms with Crippen LogP contribution in [0.3, 0.4) is 0 Å². The summed E-state index contributed by atoms with van der Waals surface area (Å²) in [5.41, 5.74) is 7.19. The lowest BCUT2D eigenvalue weighted by molar-refractivity contribution is 0.798. The van der Waals surface area contributed by atoms with Crippen LogP contribution in [0, 0.1) is 0 Å². The van der Waals surface area contributed by atoms with Crippen LogP contribution in [0.25, 0.3) is 0 Å². The lowest BCUT2D eigenvalue weighted by atomic mass is 10.1. The van der Waals surface area contributed by atoms with Crippen LogP contribution in [0.15, 0.2) is 4.79 Å². The minimum atomic E-state index is -0.137. The number of nitrogens with one attached hydrogen (secondary N) is 2. The van der Waals surface area contributed by atoms with Crippen molar-refractivity contribution in [2.24, 2.45) is 5.73 Å². The van der Waals surface area contributed by atoms with E-state index in [0.717, 1.165) is 17.8 Å².